The summed E-state index contributed by atoms with van der Waals surface area (Å²) in [5.41, 5.74) is 2.61. The van der Waals surface area contributed by atoms with Crippen molar-refractivity contribution in [3.8, 4) is 5.75 Å². The van der Waals surface area contributed by atoms with Crippen LogP contribution in [0.3, 0.4) is 0 Å². The first-order chi connectivity index (χ1) is 11.5. The zero-order valence-electron chi connectivity index (χ0n) is 13.9. The molecule has 8 heteroatoms. The Bertz CT molecular complexity index is 700. The minimum atomic E-state index is -2.85. The molecule has 0 unspecified atom stereocenters. The Morgan fingerprint density at radius 3 is 2.71 bits per heavy atom. The molecule has 0 aliphatic rings. The van der Waals surface area contributed by atoms with Crippen molar-refractivity contribution >= 4 is 5.96 Å². The smallest absolute Gasteiger partial charge is 0.387 e. The van der Waals surface area contributed by atoms with Crippen molar-refractivity contribution in [2.24, 2.45) is 12.0 Å². The fraction of sp³-hybridized carbons (Fsp3) is 0.375. The van der Waals surface area contributed by atoms with E-state index in [9.17, 15) is 8.78 Å². The molecule has 0 saturated carbocycles. The van der Waals surface area contributed by atoms with Gasteiger partial charge in [-0.15, -0.1) is 0 Å². The monoisotopic (exact) mass is 337 g/mol. The highest BCUT2D eigenvalue weighted by molar-refractivity contribution is 5.79. The summed E-state index contributed by atoms with van der Waals surface area (Å²) >= 11 is 0. The van der Waals surface area contributed by atoms with Gasteiger partial charge in [-0.1, -0.05) is 17.7 Å². The van der Waals surface area contributed by atoms with E-state index in [0.717, 1.165) is 11.1 Å². The van der Waals surface area contributed by atoms with Crippen molar-refractivity contribution < 1.29 is 13.5 Å². The average molecular weight is 337 g/mol. The van der Waals surface area contributed by atoms with Crippen molar-refractivity contribution in [2.75, 3.05) is 7.05 Å². The molecule has 2 N–H and O–H groups in total. The topological polar surface area (TPSA) is 63.5 Å². The molecule has 0 radical (unpaired) electrons. The summed E-state index contributed by atoms with van der Waals surface area (Å²) in [6, 6.07) is 5.08. The van der Waals surface area contributed by atoms with Gasteiger partial charge < -0.3 is 15.4 Å². The van der Waals surface area contributed by atoms with E-state index in [-0.39, 0.29) is 5.75 Å². The van der Waals surface area contributed by atoms with E-state index in [2.05, 4.69) is 25.5 Å². The number of hydrogen-bond acceptors (Lipinski definition) is 3. The van der Waals surface area contributed by atoms with Gasteiger partial charge in [-0.25, -0.2) is 0 Å². The summed E-state index contributed by atoms with van der Waals surface area (Å²) in [5.74, 6) is 0.717. The average Bonchev–Trinajstić information content (AvgIpc) is 2.95. The van der Waals surface area contributed by atoms with Crippen LogP contribution in [0.15, 0.2) is 35.6 Å². The van der Waals surface area contributed by atoms with Crippen LogP contribution in [0.2, 0.25) is 0 Å². The number of nitrogens with zero attached hydrogens (tertiary/aromatic N) is 3. The third kappa shape index (κ3) is 5.22. The predicted molar refractivity (Wildman–Crippen MR) is 88.1 cm³/mol. The van der Waals surface area contributed by atoms with Gasteiger partial charge in [-0.2, -0.15) is 13.9 Å². The van der Waals surface area contributed by atoms with Crippen molar-refractivity contribution in [3.63, 3.8) is 0 Å². The van der Waals surface area contributed by atoms with Crippen LogP contribution in [-0.4, -0.2) is 29.4 Å². The van der Waals surface area contributed by atoms with Crippen LogP contribution in [0, 0.1) is 6.92 Å². The molecule has 2 aromatic rings. The first-order valence-corrected chi connectivity index (χ1v) is 7.44. The number of alkyl halides is 2. The first kappa shape index (κ1) is 17.7. The summed E-state index contributed by atoms with van der Waals surface area (Å²) in [6.07, 6.45) is 3.66. The second-order valence-corrected chi connectivity index (χ2v) is 5.29. The van der Waals surface area contributed by atoms with Gasteiger partial charge in [0.05, 0.1) is 6.20 Å². The summed E-state index contributed by atoms with van der Waals surface area (Å²) in [7, 11) is 3.49. The molecule has 0 spiro atoms. The van der Waals surface area contributed by atoms with Gasteiger partial charge in [0.15, 0.2) is 5.96 Å². The van der Waals surface area contributed by atoms with E-state index in [1.807, 2.05) is 20.2 Å². The summed E-state index contributed by atoms with van der Waals surface area (Å²) in [4.78, 5) is 4.12. The minimum absolute atomic E-state index is 0.158. The third-order valence-corrected chi connectivity index (χ3v) is 3.32. The highest BCUT2D eigenvalue weighted by Gasteiger charge is 2.10. The summed E-state index contributed by atoms with van der Waals surface area (Å²) < 4.78 is 31.2. The van der Waals surface area contributed by atoms with Crippen LogP contribution in [0.1, 0.15) is 16.7 Å². The van der Waals surface area contributed by atoms with Gasteiger partial charge in [0.1, 0.15) is 5.75 Å². The molecule has 6 nitrogen and oxygen atoms in total. The number of hydrogen-bond donors (Lipinski definition) is 2. The largest absolute Gasteiger partial charge is 0.434 e. The molecule has 0 aliphatic carbocycles. The van der Waals surface area contributed by atoms with Crippen LogP contribution >= 0.6 is 0 Å². The Morgan fingerprint density at radius 2 is 2.08 bits per heavy atom. The molecule has 130 valence electrons. The first-order valence-electron chi connectivity index (χ1n) is 7.44. The number of aryl methyl sites for hydroxylation is 2. The van der Waals surface area contributed by atoms with Gasteiger partial charge in [0, 0.05) is 44.5 Å². The Hall–Kier alpha value is -2.64. The quantitative estimate of drug-likeness (QED) is 0.627. The summed E-state index contributed by atoms with van der Waals surface area (Å²) in [5, 5.41) is 10.3. The van der Waals surface area contributed by atoms with Crippen LogP contribution < -0.4 is 15.4 Å². The molecule has 1 aromatic carbocycles. The molecule has 0 atom stereocenters. The zero-order valence-corrected chi connectivity index (χ0v) is 13.9. The van der Waals surface area contributed by atoms with Crippen molar-refractivity contribution in [1.82, 2.24) is 20.4 Å². The lowest BCUT2D eigenvalue weighted by molar-refractivity contribution is -0.0504. The van der Waals surface area contributed by atoms with Crippen LogP contribution in [-0.2, 0) is 20.1 Å². The predicted octanol–water partition coefficient (Wildman–Crippen LogP) is 2.20. The fourth-order valence-electron chi connectivity index (χ4n) is 2.21. The maximum absolute atomic E-state index is 12.5. The van der Waals surface area contributed by atoms with E-state index in [1.165, 1.54) is 0 Å². The number of nitrogens with one attached hydrogen (secondary N) is 2. The van der Waals surface area contributed by atoms with Crippen LogP contribution in [0.25, 0.3) is 0 Å². The molecule has 0 bridgehead atoms. The minimum Gasteiger partial charge on any atom is -0.434 e. The normalized spacial score (nSPS) is 11.7. The van der Waals surface area contributed by atoms with Crippen LogP contribution in [0.4, 0.5) is 8.78 Å². The molecule has 0 amide bonds. The molecule has 0 fully saturated rings. The fourth-order valence-corrected chi connectivity index (χ4v) is 2.21. The number of ether oxygens (including phenoxy) is 1. The number of benzene rings is 1. The molecule has 0 aliphatic heterocycles. The summed E-state index contributed by atoms with van der Waals surface area (Å²) in [6.45, 7) is -0.0852. The van der Waals surface area contributed by atoms with E-state index in [1.54, 1.807) is 36.1 Å². The van der Waals surface area contributed by atoms with Gasteiger partial charge >= 0.3 is 6.61 Å². The molecular weight excluding hydrogens is 316 g/mol. The molecule has 1 heterocycles. The second kappa shape index (κ2) is 8.28. The second-order valence-electron chi connectivity index (χ2n) is 5.29. The molecule has 2 rings (SSSR count). The Morgan fingerprint density at radius 1 is 1.33 bits per heavy atom. The molecule has 1 aromatic heterocycles. The lowest BCUT2D eigenvalue weighted by atomic mass is 10.1. The Balaban J connectivity index is 1.96. The highest BCUT2D eigenvalue weighted by atomic mass is 19.3. The van der Waals surface area contributed by atoms with E-state index in [4.69, 9.17) is 0 Å². The number of halogens is 2. The molecular formula is C16H21F2N5O. The van der Waals surface area contributed by atoms with Crippen molar-refractivity contribution in [3.05, 3.63) is 47.3 Å². The van der Waals surface area contributed by atoms with Crippen molar-refractivity contribution in [1.29, 1.82) is 0 Å². The van der Waals surface area contributed by atoms with Gasteiger partial charge in [-0.3, -0.25) is 9.67 Å². The van der Waals surface area contributed by atoms with Crippen molar-refractivity contribution in [2.45, 2.75) is 26.6 Å². The van der Waals surface area contributed by atoms with Gasteiger partial charge in [0.25, 0.3) is 0 Å². The third-order valence-electron chi connectivity index (χ3n) is 3.32. The molecule has 24 heavy (non-hydrogen) atoms. The SMILES string of the molecule is CN=C(NCc1cnn(C)c1)NCc1cc(C)ccc1OC(F)F. The number of guanidine groups is 1. The van der Waals surface area contributed by atoms with E-state index >= 15 is 0 Å². The maximum Gasteiger partial charge on any atom is 0.387 e. The number of aromatic nitrogens is 2. The lowest BCUT2D eigenvalue weighted by Gasteiger charge is -2.15. The van der Waals surface area contributed by atoms with E-state index < -0.39 is 6.61 Å². The highest BCUT2D eigenvalue weighted by Crippen LogP contribution is 2.21. The lowest BCUT2D eigenvalue weighted by Crippen LogP contribution is -2.36. The van der Waals surface area contributed by atoms with E-state index in [0.29, 0.717) is 24.6 Å². The Kier molecular flexibility index (Phi) is 6.11. The Labute approximate surface area is 139 Å². The zero-order chi connectivity index (χ0) is 17.5. The van der Waals surface area contributed by atoms with Crippen LogP contribution in [0.5, 0.6) is 5.75 Å². The van der Waals surface area contributed by atoms with Gasteiger partial charge in [-0.05, 0) is 13.0 Å². The molecule has 0 saturated heterocycles. The van der Waals surface area contributed by atoms with Gasteiger partial charge in [0.2, 0.25) is 0 Å². The maximum atomic E-state index is 12.5. The number of rotatable bonds is 6. The standard InChI is InChI=1S/C16H21F2N5O/c1-11-4-5-14(24-15(17)18)13(6-11)9-21-16(19-2)20-7-12-8-22-23(3)10-12/h4-6,8,10,15H,7,9H2,1-3H3,(H2,19,20,21). The number of aliphatic imine (C=N–C) groups is 1.